The summed E-state index contributed by atoms with van der Waals surface area (Å²) in [6, 6.07) is 19.6. The van der Waals surface area contributed by atoms with Gasteiger partial charge in [0.1, 0.15) is 5.54 Å². The van der Waals surface area contributed by atoms with Crippen molar-refractivity contribution in [1.29, 1.82) is 0 Å². The topological polar surface area (TPSA) is 21.5 Å². The van der Waals surface area contributed by atoms with Crippen molar-refractivity contribution >= 4 is 10.9 Å². The van der Waals surface area contributed by atoms with Gasteiger partial charge < -0.3 is 9.88 Å². The average molecular weight is 305 g/mol. The molecule has 0 aliphatic carbocycles. The molecule has 0 unspecified atom stereocenters. The minimum atomic E-state index is 0.0801. The van der Waals surface area contributed by atoms with E-state index in [1.54, 1.807) is 0 Å². The fourth-order valence-electron chi connectivity index (χ4n) is 4.58. The molecule has 2 heterocycles. The van der Waals surface area contributed by atoms with Crippen LogP contribution in [0.25, 0.3) is 16.6 Å². The summed E-state index contributed by atoms with van der Waals surface area (Å²) in [5.41, 5.74) is 5.83. The van der Waals surface area contributed by atoms with Gasteiger partial charge in [-0.1, -0.05) is 36.4 Å². The van der Waals surface area contributed by atoms with Crippen molar-refractivity contribution < 1.29 is 5.32 Å². The number of aromatic nitrogens is 1. The Kier molecular flexibility index (Phi) is 2.98. The van der Waals surface area contributed by atoms with E-state index in [0.717, 1.165) is 6.42 Å². The largest absolute Gasteiger partial charge is 0.333 e. The Labute approximate surface area is 138 Å². The molecule has 23 heavy (non-hydrogen) atoms. The van der Waals surface area contributed by atoms with Crippen LogP contribution < -0.4 is 5.32 Å². The lowest BCUT2D eigenvalue weighted by Crippen LogP contribution is -3.04. The zero-order chi connectivity index (χ0) is 16.2. The van der Waals surface area contributed by atoms with E-state index in [4.69, 9.17) is 0 Å². The van der Waals surface area contributed by atoms with Crippen LogP contribution in [0.1, 0.15) is 39.0 Å². The van der Waals surface area contributed by atoms with Crippen LogP contribution in [0.2, 0.25) is 0 Å². The smallest absolute Gasteiger partial charge is 0.119 e. The van der Waals surface area contributed by atoms with Crippen molar-refractivity contribution in [2.24, 2.45) is 0 Å². The summed E-state index contributed by atoms with van der Waals surface area (Å²) in [5, 5.41) is 3.92. The van der Waals surface area contributed by atoms with Crippen LogP contribution in [0.15, 0.2) is 54.6 Å². The van der Waals surface area contributed by atoms with Gasteiger partial charge in [-0.15, -0.1) is 0 Å². The summed E-state index contributed by atoms with van der Waals surface area (Å²) in [6.45, 7) is 9.42. The molecule has 0 atom stereocenters. The molecule has 2 heteroatoms. The van der Waals surface area contributed by atoms with Crippen LogP contribution >= 0.6 is 0 Å². The van der Waals surface area contributed by atoms with Crippen LogP contribution in [-0.2, 0) is 12.0 Å². The second-order valence-corrected chi connectivity index (χ2v) is 8.04. The normalized spacial score (nSPS) is 18.8. The highest BCUT2D eigenvalue weighted by Gasteiger charge is 2.44. The van der Waals surface area contributed by atoms with Gasteiger partial charge in [-0.25, -0.2) is 0 Å². The number of fused-ring (bicyclic) bond motifs is 3. The van der Waals surface area contributed by atoms with Crippen molar-refractivity contribution in [1.82, 2.24) is 4.57 Å². The number of para-hydroxylation sites is 2. The molecule has 0 saturated heterocycles. The van der Waals surface area contributed by atoms with Gasteiger partial charge in [-0.3, -0.25) is 0 Å². The maximum absolute atomic E-state index is 2.53. The summed E-state index contributed by atoms with van der Waals surface area (Å²) >= 11 is 0. The first kappa shape index (κ1) is 14.5. The summed E-state index contributed by atoms with van der Waals surface area (Å²) in [7, 11) is 0. The van der Waals surface area contributed by atoms with Crippen LogP contribution in [0.3, 0.4) is 0 Å². The zero-order valence-corrected chi connectivity index (χ0v) is 14.4. The fraction of sp³-hybridized carbons (Fsp3) is 0.333. The quantitative estimate of drug-likeness (QED) is 0.707. The highest BCUT2D eigenvalue weighted by atomic mass is 15.1. The van der Waals surface area contributed by atoms with Crippen LogP contribution in [0, 0.1) is 0 Å². The number of nitrogens with two attached hydrogens (primary N) is 1. The van der Waals surface area contributed by atoms with E-state index < -0.39 is 0 Å². The van der Waals surface area contributed by atoms with Crippen molar-refractivity contribution in [3.63, 3.8) is 0 Å². The van der Waals surface area contributed by atoms with Crippen LogP contribution in [-0.4, -0.2) is 10.1 Å². The molecule has 0 radical (unpaired) electrons. The Balaban J connectivity index is 2.12. The molecule has 1 aromatic heterocycles. The number of benzene rings is 2. The highest BCUT2D eigenvalue weighted by Crippen LogP contribution is 2.38. The molecule has 2 N–H and O–H groups in total. The monoisotopic (exact) mass is 305 g/mol. The van der Waals surface area contributed by atoms with Crippen molar-refractivity contribution in [2.75, 3.05) is 0 Å². The Bertz CT molecular complexity index is 869. The van der Waals surface area contributed by atoms with E-state index in [1.807, 2.05) is 0 Å². The summed E-state index contributed by atoms with van der Waals surface area (Å²) in [6.07, 6.45) is 1.08. The Hall–Kier alpha value is -2.06. The molecule has 0 bridgehead atoms. The van der Waals surface area contributed by atoms with Gasteiger partial charge in [0.05, 0.1) is 11.1 Å². The predicted molar refractivity (Wildman–Crippen MR) is 96.0 cm³/mol. The number of quaternary nitrogens is 1. The van der Waals surface area contributed by atoms with Crippen LogP contribution in [0.5, 0.6) is 0 Å². The lowest BCUT2D eigenvalue weighted by atomic mass is 9.80. The molecule has 118 valence electrons. The number of hydrogen-bond acceptors (Lipinski definition) is 0. The molecule has 0 amide bonds. The van der Waals surface area contributed by atoms with Gasteiger partial charge in [0.15, 0.2) is 0 Å². The first-order valence-corrected chi connectivity index (χ1v) is 8.44. The summed E-state index contributed by atoms with van der Waals surface area (Å²) in [5.74, 6) is 0. The van der Waals surface area contributed by atoms with Gasteiger partial charge in [0.2, 0.25) is 0 Å². The zero-order valence-electron chi connectivity index (χ0n) is 14.4. The highest BCUT2D eigenvalue weighted by molar-refractivity contribution is 5.88. The Morgan fingerprint density at radius 2 is 1.52 bits per heavy atom. The van der Waals surface area contributed by atoms with E-state index in [-0.39, 0.29) is 11.1 Å². The van der Waals surface area contributed by atoms with Gasteiger partial charge in [0, 0.05) is 28.8 Å². The van der Waals surface area contributed by atoms with E-state index in [2.05, 4.69) is 92.2 Å². The molecule has 1 aliphatic heterocycles. The molecule has 0 saturated carbocycles. The van der Waals surface area contributed by atoms with E-state index in [1.165, 1.54) is 27.8 Å². The lowest BCUT2D eigenvalue weighted by Gasteiger charge is -2.39. The van der Waals surface area contributed by atoms with E-state index in [0.29, 0.717) is 0 Å². The Morgan fingerprint density at radius 3 is 2.26 bits per heavy atom. The van der Waals surface area contributed by atoms with Gasteiger partial charge in [0.25, 0.3) is 0 Å². The molecule has 0 fully saturated rings. The fourth-order valence-corrected chi connectivity index (χ4v) is 4.58. The van der Waals surface area contributed by atoms with Gasteiger partial charge >= 0.3 is 0 Å². The SMILES string of the molecule is CC1(C)Cc2c(c3ccccc3n2-c2ccccc2)C(C)(C)[NH2+]1. The maximum Gasteiger partial charge on any atom is 0.119 e. The van der Waals surface area contributed by atoms with Crippen LogP contribution in [0.4, 0.5) is 0 Å². The second kappa shape index (κ2) is 4.72. The second-order valence-electron chi connectivity index (χ2n) is 8.04. The van der Waals surface area contributed by atoms with Gasteiger partial charge in [-0.2, -0.15) is 0 Å². The molecular formula is C21H25N2+. The number of hydrogen-bond donors (Lipinski definition) is 1. The predicted octanol–water partition coefficient (Wildman–Crippen LogP) is 3.76. The third kappa shape index (κ3) is 2.21. The summed E-state index contributed by atoms with van der Waals surface area (Å²) < 4.78 is 2.47. The third-order valence-corrected chi connectivity index (χ3v) is 5.01. The van der Waals surface area contributed by atoms with Gasteiger partial charge in [-0.05, 0) is 45.9 Å². The molecule has 4 rings (SSSR count). The third-order valence-electron chi connectivity index (χ3n) is 5.01. The molecule has 2 nitrogen and oxygen atoms in total. The average Bonchev–Trinajstić information content (AvgIpc) is 2.80. The first-order chi connectivity index (χ1) is 10.9. The molecule has 2 aromatic carbocycles. The van der Waals surface area contributed by atoms with E-state index in [9.17, 15) is 0 Å². The number of rotatable bonds is 1. The number of nitrogens with zero attached hydrogens (tertiary/aromatic N) is 1. The van der Waals surface area contributed by atoms with Crippen molar-refractivity contribution in [2.45, 2.75) is 45.2 Å². The van der Waals surface area contributed by atoms with Crippen molar-refractivity contribution in [3.05, 3.63) is 65.9 Å². The molecule has 0 spiro atoms. The lowest BCUT2D eigenvalue weighted by molar-refractivity contribution is -0.790. The molecule has 3 aromatic rings. The minimum Gasteiger partial charge on any atom is -0.333 e. The minimum absolute atomic E-state index is 0.0801. The first-order valence-electron chi connectivity index (χ1n) is 8.44. The van der Waals surface area contributed by atoms with E-state index >= 15 is 0 Å². The van der Waals surface area contributed by atoms with Crippen molar-refractivity contribution in [3.8, 4) is 5.69 Å². The maximum atomic E-state index is 2.53. The summed E-state index contributed by atoms with van der Waals surface area (Å²) in [4.78, 5) is 0. The standard InChI is InChI=1S/C21H24N2/c1-20(2)14-18-19(21(3,4)22-20)16-12-8-9-13-17(16)23(18)15-10-6-5-7-11-15/h5-13,22H,14H2,1-4H3/p+1. The molecule has 1 aliphatic rings. The molecular weight excluding hydrogens is 280 g/mol. The Morgan fingerprint density at radius 1 is 0.870 bits per heavy atom.